The standard InChI is InChI=1S/C21H19F3N2OS/c1-14-5-3-7-16(9-14)20-25-18(13-28-20)11-19(27)26(2)12-15-6-4-8-17(10-15)21(22,23)24/h3-10,13H,11-12H2,1-2H3. The summed E-state index contributed by atoms with van der Waals surface area (Å²) in [5.74, 6) is -0.196. The van der Waals surface area contributed by atoms with E-state index >= 15 is 0 Å². The first kappa shape index (κ1) is 20.1. The molecule has 0 spiro atoms. The van der Waals surface area contributed by atoms with Crippen molar-refractivity contribution in [1.82, 2.24) is 9.88 Å². The summed E-state index contributed by atoms with van der Waals surface area (Å²) >= 11 is 1.47. The van der Waals surface area contributed by atoms with E-state index < -0.39 is 11.7 Å². The molecule has 0 saturated heterocycles. The first-order chi connectivity index (χ1) is 13.2. The van der Waals surface area contributed by atoms with Gasteiger partial charge in [-0.15, -0.1) is 11.3 Å². The van der Waals surface area contributed by atoms with Crippen LogP contribution < -0.4 is 0 Å². The van der Waals surface area contributed by atoms with Gasteiger partial charge in [-0.1, -0.05) is 35.9 Å². The molecule has 0 aliphatic rings. The zero-order chi connectivity index (χ0) is 20.3. The summed E-state index contributed by atoms with van der Waals surface area (Å²) < 4.78 is 38.5. The number of thiazole rings is 1. The molecule has 0 aliphatic carbocycles. The molecule has 28 heavy (non-hydrogen) atoms. The summed E-state index contributed by atoms with van der Waals surface area (Å²) in [7, 11) is 1.58. The first-order valence-electron chi connectivity index (χ1n) is 8.64. The summed E-state index contributed by atoms with van der Waals surface area (Å²) in [4.78, 5) is 18.4. The van der Waals surface area contributed by atoms with Gasteiger partial charge in [-0.2, -0.15) is 13.2 Å². The molecule has 1 aromatic heterocycles. The SMILES string of the molecule is Cc1cccc(-c2nc(CC(=O)N(C)Cc3cccc(C(F)(F)F)c3)cs2)c1. The van der Waals surface area contributed by atoms with Gasteiger partial charge in [0.05, 0.1) is 17.7 Å². The molecule has 0 unspecified atom stereocenters. The van der Waals surface area contributed by atoms with Crippen LogP contribution in [0.4, 0.5) is 13.2 Å². The Bertz CT molecular complexity index is 982. The number of aromatic nitrogens is 1. The number of alkyl halides is 3. The Kier molecular flexibility index (Phi) is 5.84. The Balaban J connectivity index is 1.65. The second kappa shape index (κ2) is 8.14. The normalized spacial score (nSPS) is 11.5. The number of amides is 1. The molecule has 2 aromatic carbocycles. The van der Waals surface area contributed by atoms with Crippen molar-refractivity contribution in [3.8, 4) is 10.6 Å². The summed E-state index contributed by atoms with van der Waals surface area (Å²) in [6.07, 6.45) is -4.29. The fourth-order valence-corrected chi connectivity index (χ4v) is 3.61. The second-order valence-electron chi connectivity index (χ2n) is 6.64. The monoisotopic (exact) mass is 404 g/mol. The average Bonchev–Trinajstić information content (AvgIpc) is 3.10. The number of nitrogens with zero attached hydrogens (tertiary/aromatic N) is 2. The van der Waals surface area contributed by atoms with Crippen LogP contribution in [0.15, 0.2) is 53.9 Å². The van der Waals surface area contributed by atoms with Gasteiger partial charge in [-0.05, 0) is 30.7 Å². The number of hydrogen-bond donors (Lipinski definition) is 0. The molecule has 0 N–H and O–H groups in total. The van der Waals surface area contributed by atoms with Gasteiger partial charge in [-0.25, -0.2) is 4.98 Å². The fraction of sp³-hybridized carbons (Fsp3) is 0.238. The summed E-state index contributed by atoms with van der Waals surface area (Å²) in [6, 6.07) is 13.0. The van der Waals surface area contributed by atoms with Crippen LogP contribution in [0.1, 0.15) is 22.4 Å². The molecule has 0 radical (unpaired) electrons. The molecule has 0 bridgehead atoms. The van der Waals surface area contributed by atoms with Crippen molar-refractivity contribution in [2.24, 2.45) is 0 Å². The molecular formula is C21H19F3N2OS. The number of aryl methyl sites for hydroxylation is 1. The van der Waals surface area contributed by atoms with Gasteiger partial charge in [0, 0.05) is 24.5 Å². The molecule has 0 atom stereocenters. The molecule has 0 fully saturated rings. The van der Waals surface area contributed by atoms with Gasteiger partial charge in [-0.3, -0.25) is 4.79 Å². The molecule has 0 saturated carbocycles. The van der Waals surface area contributed by atoms with Crippen LogP contribution in [0.25, 0.3) is 10.6 Å². The number of carbonyl (C=O) groups excluding carboxylic acids is 1. The first-order valence-corrected chi connectivity index (χ1v) is 9.52. The van der Waals surface area contributed by atoms with E-state index in [0.29, 0.717) is 11.3 Å². The Morgan fingerprint density at radius 2 is 1.89 bits per heavy atom. The van der Waals surface area contributed by atoms with E-state index in [9.17, 15) is 18.0 Å². The molecule has 1 amide bonds. The van der Waals surface area contributed by atoms with E-state index in [0.717, 1.165) is 28.3 Å². The van der Waals surface area contributed by atoms with Crippen molar-refractivity contribution in [2.75, 3.05) is 7.05 Å². The lowest BCUT2D eigenvalue weighted by atomic mass is 10.1. The van der Waals surface area contributed by atoms with E-state index in [2.05, 4.69) is 4.98 Å². The highest BCUT2D eigenvalue weighted by Gasteiger charge is 2.30. The van der Waals surface area contributed by atoms with Crippen molar-refractivity contribution in [1.29, 1.82) is 0 Å². The highest BCUT2D eigenvalue weighted by Crippen LogP contribution is 2.30. The van der Waals surface area contributed by atoms with Crippen LogP contribution in [-0.2, 0) is 23.9 Å². The molecule has 3 nitrogen and oxygen atoms in total. The van der Waals surface area contributed by atoms with Gasteiger partial charge in [0.1, 0.15) is 5.01 Å². The third-order valence-electron chi connectivity index (χ3n) is 4.25. The molecule has 3 aromatic rings. The average molecular weight is 404 g/mol. The van der Waals surface area contributed by atoms with Crippen LogP contribution in [0, 0.1) is 6.92 Å². The smallest absolute Gasteiger partial charge is 0.341 e. The number of likely N-dealkylation sites (N-methyl/N-ethyl adjacent to an activating group) is 1. The van der Waals surface area contributed by atoms with Crippen molar-refractivity contribution in [3.63, 3.8) is 0 Å². The maximum atomic E-state index is 12.8. The fourth-order valence-electron chi connectivity index (χ4n) is 2.80. The molecular weight excluding hydrogens is 385 g/mol. The maximum Gasteiger partial charge on any atom is 0.416 e. The van der Waals surface area contributed by atoms with Crippen molar-refractivity contribution in [2.45, 2.75) is 26.1 Å². The van der Waals surface area contributed by atoms with Crippen LogP contribution >= 0.6 is 11.3 Å². The summed E-state index contributed by atoms with van der Waals surface area (Å²) in [5.41, 5.74) is 2.51. The Morgan fingerprint density at radius 1 is 1.14 bits per heavy atom. The molecule has 1 heterocycles. The highest BCUT2D eigenvalue weighted by molar-refractivity contribution is 7.13. The predicted octanol–water partition coefficient (Wildman–Crippen LogP) is 5.34. The second-order valence-corrected chi connectivity index (χ2v) is 7.50. The maximum absolute atomic E-state index is 12.8. The zero-order valence-corrected chi connectivity index (χ0v) is 16.3. The lowest BCUT2D eigenvalue weighted by Gasteiger charge is -2.17. The number of halogens is 3. The van der Waals surface area contributed by atoms with E-state index in [1.165, 1.54) is 22.3 Å². The Labute approximate surface area is 165 Å². The quantitative estimate of drug-likeness (QED) is 0.575. The van der Waals surface area contributed by atoms with Gasteiger partial charge in [0.25, 0.3) is 0 Å². The molecule has 7 heteroatoms. The predicted molar refractivity (Wildman–Crippen MR) is 104 cm³/mol. The lowest BCUT2D eigenvalue weighted by molar-refractivity contribution is -0.137. The number of rotatable bonds is 5. The topological polar surface area (TPSA) is 33.2 Å². The van der Waals surface area contributed by atoms with Crippen molar-refractivity contribution in [3.05, 3.63) is 76.3 Å². The Hall–Kier alpha value is -2.67. The molecule has 3 rings (SSSR count). The van der Waals surface area contributed by atoms with Crippen molar-refractivity contribution >= 4 is 17.2 Å². The number of carbonyl (C=O) groups is 1. The largest absolute Gasteiger partial charge is 0.416 e. The summed E-state index contributed by atoms with van der Waals surface area (Å²) in [6.45, 7) is 2.11. The van der Waals surface area contributed by atoms with Gasteiger partial charge in [0.15, 0.2) is 0 Å². The zero-order valence-electron chi connectivity index (χ0n) is 15.5. The van der Waals surface area contributed by atoms with E-state index in [1.54, 1.807) is 13.1 Å². The molecule has 0 aliphatic heterocycles. The van der Waals surface area contributed by atoms with E-state index in [4.69, 9.17) is 0 Å². The molecule has 146 valence electrons. The Morgan fingerprint density at radius 3 is 2.61 bits per heavy atom. The minimum Gasteiger partial charge on any atom is -0.341 e. The van der Waals surface area contributed by atoms with Crippen LogP contribution in [0.2, 0.25) is 0 Å². The third-order valence-corrected chi connectivity index (χ3v) is 5.19. The number of benzene rings is 2. The lowest BCUT2D eigenvalue weighted by Crippen LogP contribution is -2.28. The van der Waals surface area contributed by atoms with Crippen molar-refractivity contribution < 1.29 is 18.0 Å². The minimum atomic E-state index is -4.40. The van der Waals surface area contributed by atoms with Crippen LogP contribution in [0.3, 0.4) is 0 Å². The number of hydrogen-bond acceptors (Lipinski definition) is 3. The highest BCUT2D eigenvalue weighted by atomic mass is 32.1. The van der Waals surface area contributed by atoms with Gasteiger partial charge < -0.3 is 4.90 Å². The van der Waals surface area contributed by atoms with Crippen LogP contribution in [-0.4, -0.2) is 22.8 Å². The van der Waals surface area contributed by atoms with E-state index in [-0.39, 0.29) is 18.9 Å². The van der Waals surface area contributed by atoms with Crippen LogP contribution in [0.5, 0.6) is 0 Å². The van der Waals surface area contributed by atoms with Gasteiger partial charge in [0.2, 0.25) is 5.91 Å². The van der Waals surface area contributed by atoms with Gasteiger partial charge >= 0.3 is 6.18 Å². The third kappa shape index (κ3) is 4.98. The van der Waals surface area contributed by atoms with E-state index in [1.807, 2.05) is 36.6 Å². The summed E-state index contributed by atoms with van der Waals surface area (Å²) in [5, 5.41) is 2.68. The minimum absolute atomic E-state index is 0.109.